The van der Waals surface area contributed by atoms with E-state index in [1.54, 1.807) is 5.32 Å². The minimum absolute atomic E-state index is 0.0590. The van der Waals surface area contributed by atoms with E-state index >= 15 is 0 Å². The molecule has 3 aliphatic rings. The highest BCUT2D eigenvalue weighted by molar-refractivity contribution is 6.06. The Labute approximate surface area is 208 Å². The van der Waals surface area contributed by atoms with Crippen LogP contribution in [0.3, 0.4) is 0 Å². The number of imide groups is 1. The Bertz CT molecular complexity index is 1570. The number of ether oxygens (including phenoxy) is 1. The average Bonchev–Trinajstić information content (AvgIpc) is 3.30. The highest BCUT2D eigenvalue weighted by atomic mass is 16.5. The van der Waals surface area contributed by atoms with Gasteiger partial charge in [-0.2, -0.15) is 0 Å². The molecule has 0 bridgehead atoms. The molecule has 3 aliphatic heterocycles. The van der Waals surface area contributed by atoms with Gasteiger partial charge in [-0.15, -0.1) is 0 Å². The van der Waals surface area contributed by atoms with Gasteiger partial charge in [0, 0.05) is 61.4 Å². The van der Waals surface area contributed by atoms with Crippen LogP contribution in [0, 0.1) is 0 Å². The number of amides is 3. The number of fused-ring (bicyclic) bond motifs is 1. The summed E-state index contributed by atoms with van der Waals surface area (Å²) < 4.78 is 97.0. The predicted molar refractivity (Wildman–Crippen MR) is 122 cm³/mol. The van der Waals surface area contributed by atoms with Crippen molar-refractivity contribution in [2.45, 2.75) is 38.4 Å². The van der Waals surface area contributed by atoms with Crippen LogP contribution in [-0.2, 0) is 34.0 Å². The van der Waals surface area contributed by atoms with Gasteiger partial charge in [-0.05, 0) is 29.6 Å². The lowest BCUT2D eigenvalue weighted by molar-refractivity contribution is -0.136. The molecule has 0 spiro atoms. The number of anilines is 1. The summed E-state index contributed by atoms with van der Waals surface area (Å²) in [6, 6.07) is -5.16. The third kappa shape index (κ3) is 4.62. The fourth-order valence-electron chi connectivity index (χ4n) is 3.84. The molecule has 3 heterocycles. The fourth-order valence-corrected chi connectivity index (χ4v) is 3.84. The number of nitrogens with one attached hydrogen (secondary N) is 2. The van der Waals surface area contributed by atoms with E-state index in [-0.39, 0.29) is 59.6 Å². The standard InChI is InChI=1S/C25H28N4O4/c30-23-9-8-22(24(31)27-23)29-16-20-19(25(29)32)2-1-3-21(20)26-14-17-4-6-18(7-5-17)15-28-10-12-33-13-11-28/h1-7,22,26H,8-16H2,(H,27,30,31)/i1D,2D,3D,4D,5D,6D,7D,8D2,9D2. The zero-order chi connectivity index (χ0) is 32.5. The average molecular weight is 460 g/mol. The summed E-state index contributed by atoms with van der Waals surface area (Å²) in [5.41, 5.74) is -0.520. The van der Waals surface area contributed by atoms with Gasteiger partial charge in [0.15, 0.2) is 0 Å². The molecule has 8 nitrogen and oxygen atoms in total. The minimum atomic E-state index is -3.20. The molecule has 0 radical (unpaired) electrons. The molecule has 1 unspecified atom stereocenters. The first kappa shape index (κ1) is 12.3. The molecule has 1 atom stereocenters. The molecular weight excluding hydrogens is 420 g/mol. The molecule has 8 heteroatoms. The highest BCUT2D eigenvalue weighted by Crippen LogP contribution is 2.32. The van der Waals surface area contributed by atoms with Crippen LogP contribution in [0.4, 0.5) is 5.69 Å². The zero-order valence-corrected chi connectivity index (χ0v) is 17.6. The summed E-state index contributed by atoms with van der Waals surface area (Å²) in [7, 11) is 0. The Kier molecular flexibility index (Phi) is 3.48. The maximum absolute atomic E-state index is 13.5. The number of nitrogens with zero attached hydrogens (tertiary/aromatic N) is 2. The van der Waals surface area contributed by atoms with Gasteiger partial charge >= 0.3 is 0 Å². The summed E-state index contributed by atoms with van der Waals surface area (Å²) >= 11 is 0. The molecule has 2 saturated heterocycles. The normalized spacial score (nSPS) is 29.0. The van der Waals surface area contributed by atoms with E-state index in [0.717, 1.165) is 0 Å². The summed E-state index contributed by atoms with van der Waals surface area (Å²) in [6.07, 6.45) is -6.37. The maximum Gasteiger partial charge on any atom is 0.255 e. The van der Waals surface area contributed by atoms with Crippen molar-refractivity contribution in [1.82, 2.24) is 15.1 Å². The lowest BCUT2D eigenvalue weighted by Crippen LogP contribution is -2.52. The van der Waals surface area contributed by atoms with Crippen molar-refractivity contribution in [2.75, 3.05) is 31.6 Å². The second-order valence-electron chi connectivity index (χ2n) is 7.73. The van der Waals surface area contributed by atoms with Gasteiger partial charge in [0.05, 0.1) is 22.8 Å². The van der Waals surface area contributed by atoms with E-state index in [0.29, 0.717) is 31.2 Å². The van der Waals surface area contributed by atoms with Gasteiger partial charge in [0.1, 0.15) is 6.04 Å². The summed E-state index contributed by atoms with van der Waals surface area (Å²) in [6.45, 7) is 1.35. The Hall–Kier alpha value is -3.23. The topological polar surface area (TPSA) is 91.0 Å². The van der Waals surface area contributed by atoms with E-state index in [4.69, 9.17) is 19.8 Å². The van der Waals surface area contributed by atoms with E-state index in [1.165, 1.54) is 0 Å². The molecule has 0 saturated carbocycles. The smallest absolute Gasteiger partial charge is 0.255 e. The van der Waals surface area contributed by atoms with Crippen LogP contribution in [0.1, 0.15) is 54.9 Å². The van der Waals surface area contributed by atoms with Gasteiger partial charge in [0.25, 0.3) is 5.91 Å². The Morgan fingerprint density at radius 2 is 1.85 bits per heavy atom. The van der Waals surface area contributed by atoms with Crippen molar-refractivity contribution in [2.24, 2.45) is 0 Å². The fraction of sp³-hybridized carbons (Fsp3) is 0.400. The summed E-state index contributed by atoms with van der Waals surface area (Å²) in [5, 5.41) is 4.55. The minimum Gasteiger partial charge on any atom is -0.381 e. The number of carbonyl (C=O) groups excluding carboxylic acids is 3. The van der Waals surface area contributed by atoms with Gasteiger partial charge in [-0.25, -0.2) is 0 Å². The first-order valence-electron chi connectivity index (χ1n) is 15.9. The number of rotatable bonds is 6. The number of morpholine rings is 1. The van der Waals surface area contributed by atoms with Crippen molar-refractivity contribution in [3.05, 3.63) is 64.6 Å². The third-order valence-corrected chi connectivity index (χ3v) is 5.56. The van der Waals surface area contributed by atoms with Crippen molar-refractivity contribution < 1.29 is 34.2 Å². The van der Waals surface area contributed by atoms with Crippen molar-refractivity contribution in [3.63, 3.8) is 0 Å². The van der Waals surface area contributed by atoms with Gasteiger partial charge < -0.3 is 15.0 Å². The zero-order valence-electron chi connectivity index (χ0n) is 28.6. The van der Waals surface area contributed by atoms with Crippen LogP contribution < -0.4 is 10.6 Å². The monoisotopic (exact) mass is 459 g/mol. The lowest BCUT2D eigenvalue weighted by atomic mass is 10.0. The molecule has 3 amide bonds. The van der Waals surface area contributed by atoms with Crippen molar-refractivity contribution in [1.29, 1.82) is 0 Å². The maximum atomic E-state index is 13.5. The number of hydrogen-bond acceptors (Lipinski definition) is 6. The summed E-state index contributed by atoms with van der Waals surface area (Å²) in [5.74, 6) is -3.85. The van der Waals surface area contributed by atoms with Crippen LogP contribution in [0.5, 0.6) is 0 Å². The van der Waals surface area contributed by atoms with Gasteiger partial charge in [0.2, 0.25) is 11.8 Å². The molecular formula is C25H28N4O4. The Morgan fingerprint density at radius 3 is 2.64 bits per heavy atom. The number of hydrogen-bond donors (Lipinski definition) is 2. The second-order valence-corrected chi connectivity index (χ2v) is 7.73. The molecule has 0 aliphatic carbocycles. The van der Waals surface area contributed by atoms with Crippen LogP contribution >= 0.6 is 0 Å². The molecule has 2 aromatic rings. The Balaban J connectivity index is 1.49. The largest absolute Gasteiger partial charge is 0.381 e. The van der Waals surface area contributed by atoms with Crippen LogP contribution in [0.15, 0.2) is 42.3 Å². The predicted octanol–water partition coefficient (Wildman–Crippen LogP) is 1.89. The summed E-state index contributed by atoms with van der Waals surface area (Å²) in [4.78, 5) is 40.9. The first-order chi connectivity index (χ1) is 20.5. The molecule has 0 aromatic heterocycles. The van der Waals surface area contributed by atoms with Gasteiger partial charge in [-0.1, -0.05) is 30.2 Å². The number of carbonyl (C=O) groups is 3. The van der Waals surface area contributed by atoms with Crippen LogP contribution in [0.25, 0.3) is 0 Å². The van der Waals surface area contributed by atoms with E-state index in [1.807, 2.05) is 4.90 Å². The van der Waals surface area contributed by atoms with E-state index in [2.05, 4.69) is 5.32 Å². The van der Waals surface area contributed by atoms with Crippen LogP contribution in [0.2, 0.25) is 0 Å². The third-order valence-electron chi connectivity index (χ3n) is 5.56. The van der Waals surface area contributed by atoms with Crippen LogP contribution in [-0.4, -0.2) is 59.9 Å². The second kappa shape index (κ2) is 9.33. The molecule has 172 valence electrons. The molecule has 5 rings (SSSR count). The van der Waals surface area contributed by atoms with Gasteiger partial charge in [-0.3, -0.25) is 24.6 Å². The van der Waals surface area contributed by atoms with E-state index in [9.17, 15) is 14.4 Å². The quantitative estimate of drug-likeness (QED) is 0.641. The van der Waals surface area contributed by atoms with Crippen molar-refractivity contribution in [3.8, 4) is 0 Å². The molecule has 2 N–H and O–H groups in total. The number of piperidine rings is 1. The molecule has 33 heavy (non-hydrogen) atoms. The number of benzene rings is 2. The SMILES string of the molecule is [2H]c1c([2H])c(NCc2c([2H])c([2H])c(CN3CCOCC3)c([2H])c2[2H])c2c(c1[2H])C(=O)N(C1C(=O)NC(=O)C([2H])([2H])C1([2H])[2H])C2. The Morgan fingerprint density at radius 1 is 1.09 bits per heavy atom. The van der Waals surface area contributed by atoms with E-state index < -0.39 is 66.7 Å². The first-order valence-corrected chi connectivity index (χ1v) is 10.4. The highest BCUT2D eigenvalue weighted by Gasteiger charge is 2.39. The molecule has 2 fully saturated rings. The molecule has 2 aromatic carbocycles. The van der Waals surface area contributed by atoms with Crippen molar-refractivity contribution >= 4 is 23.4 Å². The lowest BCUT2D eigenvalue weighted by Gasteiger charge is -2.29.